The summed E-state index contributed by atoms with van der Waals surface area (Å²) in [6.45, 7) is 5.99. The summed E-state index contributed by atoms with van der Waals surface area (Å²) in [4.78, 5) is 24.9. The van der Waals surface area contributed by atoms with E-state index in [1.807, 2.05) is 25.3 Å². The Balaban J connectivity index is 2.14. The first-order valence-corrected chi connectivity index (χ1v) is 8.89. The smallest absolute Gasteiger partial charge is 0.342 e. The highest BCUT2D eigenvalue weighted by molar-refractivity contribution is 6.31. The number of carbonyl (C=O) groups is 2. The molecule has 7 heteroatoms. The van der Waals surface area contributed by atoms with E-state index in [1.165, 1.54) is 13.2 Å². The molecule has 0 bridgehead atoms. The minimum Gasteiger partial charge on any atom is -0.496 e. The Bertz CT molecular complexity index is 843. The first kappa shape index (κ1) is 21.0. The molecule has 1 heterocycles. The maximum atomic E-state index is 12.6. The summed E-state index contributed by atoms with van der Waals surface area (Å²) < 4.78 is 17.6. The van der Waals surface area contributed by atoms with Crippen molar-refractivity contribution in [1.82, 2.24) is 4.57 Å². The molecule has 1 aromatic heterocycles. The molecule has 0 aliphatic carbocycles. The lowest BCUT2D eigenvalue weighted by atomic mass is 10.1. The molecule has 0 aliphatic heterocycles. The zero-order chi connectivity index (χ0) is 20.1. The van der Waals surface area contributed by atoms with Crippen LogP contribution >= 0.6 is 11.6 Å². The molecule has 6 nitrogen and oxygen atoms in total. The van der Waals surface area contributed by atoms with Gasteiger partial charge in [-0.1, -0.05) is 11.6 Å². The van der Waals surface area contributed by atoms with Gasteiger partial charge in [-0.05, 0) is 45.0 Å². The fraction of sp³-hybridized carbons (Fsp3) is 0.400. The molecule has 1 atom stereocenters. The van der Waals surface area contributed by atoms with E-state index in [2.05, 4.69) is 0 Å². The van der Waals surface area contributed by atoms with Gasteiger partial charge in [0.2, 0.25) is 5.78 Å². The van der Waals surface area contributed by atoms with Gasteiger partial charge in [-0.2, -0.15) is 0 Å². The number of ether oxygens (including phenoxy) is 3. The number of carbonyl (C=O) groups excluding carboxylic acids is 2. The molecule has 1 aromatic carbocycles. The van der Waals surface area contributed by atoms with Crippen LogP contribution in [0.4, 0.5) is 0 Å². The lowest BCUT2D eigenvalue weighted by Gasteiger charge is -2.17. The Kier molecular flexibility index (Phi) is 7.05. The Morgan fingerprint density at radius 1 is 1.15 bits per heavy atom. The highest BCUT2D eigenvalue weighted by atomic mass is 35.5. The van der Waals surface area contributed by atoms with Crippen LogP contribution in [-0.4, -0.2) is 43.8 Å². The Morgan fingerprint density at radius 3 is 2.48 bits per heavy atom. The number of nitrogens with zero attached hydrogens (tertiary/aromatic N) is 1. The molecule has 2 aromatic rings. The van der Waals surface area contributed by atoms with Crippen LogP contribution in [0.2, 0.25) is 5.02 Å². The number of hydrogen-bond acceptors (Lipinski definition) is 5. The summed E-state index contributed by atoms with van der Waals surface area (Å²) in [6.07, 6.45) is 0. The molecule has 0 saturated carbocycles. The molecular weight excluding hydrogens is 370 g/mol. The number of rotatable bonds is 8. The maximum Gasteiger partial charge on any atom is 0.342 e. The predicted molar refractivity (Wildman–Crippen MR) is 103 cm³/mol. The van der Waals surface area contributed by atoms with Crippen LogP contribution in [0.25, 0.3) is 0 Å². The number of halogens is 1. The summed E-state index contributed by atoms with van der Waals surface area (Å²) in [5.41, 5.74) is 2.47. The molecule has 0 radical (unpaired) electrons. The summed E-state index contributed by atoms with van der Waals surface area (Å²) in [5, 5.41) is 0.379. The highest BCUT2D eigenvalue weighted by Crippen LogP contribution is 2.24. The summed E-state index contributed by atoms with van der Waals surface area (Å²) in [7, 11) is 3.08. The molecule has 2 rings (SSSR count). The second kappa shape index (κ2) is 9.06. The van der Waals surface area contributed by atoms with Crippen LogP contribution in [0, 0.1) is 13.8 Å². The van der Waals surface area contributed by atoms with Gasteiger partial charge in [0, 0.05) is 29.1 Å². The van der Waals surface area contributed by atoms with Crippen molar-refractivity contribution in [3.8, 4) is 5.75 Å². The minimum absolute atomic E-state index is 0.0924. The van der Waals surface area contributed by atoms with Crippen molar-refractivity contribution >= 4 is 23.4 Å². The van der Waals surface area contributed by atoms with Crippen molar-refractivity contribution in [2.24, 2.45) is 0 Å². The third-order valence-corrected chi connectivity index (χ3v) is 4.58. The van der Waals surface area contributed by atoms with Gasteiger partial charge in [-0.15, -0.1) is 0 Å². The van der Waals surface area contributed by atoms with E-state index in [0.717, 1.165) is 11.4 Å². The van der Waals surface area contributed by atoms with Crippen LogP contribution in [0.15, 0.2) is 24.3 Å². The van der Waals surface area contributed by atoms with Gasteiger partial charge in [0.05, 0.1) is 19.8 Å². The van der Waals surface area contributed by atoms with Gasteiger partial charge >= 0.3 is 5.97 Å². The lowest BCUT2D eigenvalue weighted by molar-refractivity contribution is 0.0471. The number of aryl methyl sites for hydroxylation is 1. The number of aromatic nitrogens is 1. The predicted octanol–water partition coefficient (Wildman–Crippen LogP) is 4.01. The Morgan fingerprint density at radius 2 is 1.85 bits per heavy atom. The molecule has 0 amide bonds. The largest absolute Gasteiger partial charge is 0.496 e. The summed E-state index contributed by atoms with van der Waals surface area (Å²) in [5.74, 6) is -0.596. The first-order valence-electron chi connectivity index (χ1n) is 8.51. The fourth-order valence-corrected chi connectivity index (χ4v) is 3.35. The number of hydrogen-bond donors (Lipinski definition) is 0. The molecule has 0 unspecified atom stereocenters. The van der Waals surface area contributed by atoms with E-state index >= 15 is 0 Å². The quantitative estimate of drug-likeness (QED) is 0.500. The topological polar surface area (TPSA) is 66.8 Å². The Hall–Kier alpha value is -2.31. The van der Waals surface area contributed by atoms with Crippen LogP contribution in [-0.2, 0) is 9.47 Å². The third kappa shape index (κ3) is 4.70. The van der Waals surface area contributed by atoms with E-state index in [1.54, 1.807) is 25.3 Å². The monoisotopic (exact) mass is 393 g/mol. The van der Waals surface area contributed by atoms with Crippen LogP contribution in [0.1, 0.15) is 45.1 Å². The zero-order valence-corrected chi connectivity index (χ0v) is 16.9. The molecule has 0 N–H and O–H groups in total. The molecule has 0 spiro atoms. The van der Waals surface area contributed by atoms with Crippen molar-refractivity contribution in [1.29, 1.82) is 0 Å². The van der Waals surface area contributed by atoms with Crippen molar-refractivity contribution in [3.05, 3.63) is 51.8 Å². The number of ketones is 1. The van der Waals surface area contributed by atoms with E-state index in [0.29, 0.717) is 22.9 Å². The van der Waals surface area contributed by atoms with Gasteiger partial charge in [0.1, 0.15) is 11.3 Å². The van der Waals surface area contributed by atoms with Gasteiger partial charge in [0.25, 0.3) is 0 Å². The second-order valence-corrected chi connectivity index (χ2v) is 6.74. The lowest BCUT2D eigenvalue weighted by Crippen LogP contribution is -2.17. The Labute approximate surface area is 164 Å². The van der Waals surface area contributed by atoms with E-state index in [4.69, 9.17) is 25.8 Å². The molecule has 0 fully saturated rings. The van der Waals surface area contributed by atoms with Crippen LogP contribution in [0.5, 0.6) is 5.75 Å². The van der Waals surface area contributed by atoms with Gasteiger partial charge in [-0.25, -0.2) is 4.79 Å². The van der Waals surface area contributed by atoms with Crippen molar-refractivity contribution < 1.29 is 23.8 Å². The van der Waals surface area contributed by atoms with Crippen molar-refractivity contribution in [2.45, 2.75) is 26.8 Å². The molecule has 0 aliphatic rings. The van der Waals surface area contributed by atoms with Crippen LogP contribution in [0.3, 0.4) is 0 Å². The number of Topliss-reactive ketones (excluding diaryl/α,β-unsaturated/α-hetero) is 1. The molecule has 146 valence electrons. The van der Waals surface area contributed by atoms with Crippen molar-refractivity contribution in [3.63, 3.8) is 0 Å². The average molecular weight is 394 g/mol. The van der Waals surface area contributed by atoms with E-state index in [-0.39, 0.29) is 24.0 Å². The summed E-state index contributed by atoms with van der Waals surface area (Å²) >= 11 is 5.93. The van der Waals surface area contributed by atoms with Gasteiger partial charge in [0.15, 0.2) is 6.61 Å². The maximum absolute atomic E-state index is 12.6. The number of methoxy groups -OCH3 is 2. The SMILES string of the molecule is COC[C@H](C)n1c(C)cc(C(=O)COC(=O)c2cc(Cl)ccc2OC)c1C. The zero-order valence-electron chi connectivity index (χ0n) is 16.2. The number of benzene rings is 1. The minimum atomic E-state index is -0.663. The van der Waals surface area contributed by atoms with Gasteiger partial charge < -0.3 is 18.8 Å². The third-order valence-electron chi connectivity index (χ3n) is 4.35. The molecule has 27 heavy (non-hydrogen) atoms. The molecular formula is C20H24ClNO5. The summed E-state index contributed by atoms with van der Waals surface area (Å²) in [6, 6.07) is 6.53. The normalized spacial score (nSPS) is 11.9. The van der Waals surface area contributed by atoms with E-state index in [9.17, 15) is 9.59 Å². The average Bonchev–Trinajstić information content (AvgIpc) is 2.94. The van der Waals surface area contributed by atoms with Gasteiger partial charge in [-0.3, -0.25) is 4.79 Å². The highest BCUT2D eigenvalue weighted by Gasteiger charge is 2.21. The standard InChI is InChI=1S/C20H24ClNO5/c1-12-8-16(14(3)22(12)13(2)10-25-4)18(23)11-27-20(24)17-9-15(21)6-7-19(17)26-5/h6-9,13H,10-11H2,1-5H3/t13-/m0/s1. The van der Waals surface area contributed by atoms with E-state index < -0.39 is 5.97 Å². The van der Waals surface area contributed by atoms with Crippen molar-refractivity contribution in [2.75, 3.05) is 27.4 Å². The number of esters is 1. The fourth-order valence-electron chi connectivity index (χ4n) is 3.18. The van der Waals surface area contributed by atoms with Crippen LogP contribution < -0.4 is 4.74 Å². The second-order valence-electron chi connectivity index (χ2n) is 6.30. The first-order chi connectivity index (χ1) is 12.8. The molecule has 0 saturated heterocycles.